The van der Waals surface area contributed by atoms with E-state index in [1.807, 2.05) is 0 Å². The maximum atomic E-state index is 11.1. The Hall–Kier alpha value is -2.38. The minimum Gasteiger partial charge on any atom is -0.466 e. The van der Waals surface area contributed by atoms with Gasteiger partial charge in [0, 0.05) is 19.1 Å². The van der Waals surface area contributed by atoms with Gasteiger partial charge >= 0.3 is 11.9 Å². The van der Waals surface area contributed by atoms with Crippen molar-refractivity contribution < 1.29 is 28.7 Å². The number of carbonyl (C=O) groups is 4. The quantitative estimate of drug-likeness (QED) is 0.332. The third-order valence-corrected chi connectivity index (χ3v) is 1.72. The van der Waals surface area contributed by atoms with Crippen LogP contribution in [0.25, 0.3) is 0 Å². The van der Waals surface area contributed by atoms with Crippen molar-refractivity contribution in [3.63, 3.8) is 0 Å². The monoisotopic (exact) mass is 272 g/mol. The molecule has 19 heavy (non-hydrogen) atoms. The van der Waals surface area contributed by atoms with Gasteiger partial charge in [0.15, 0.2) is 0 Å². The largest absolute Gasteiger partial charge is 0.466 e. The van der Waals surface area contributed by atoms with Gasteiger partial charge in [0.05, 0.1) is 20.2 Å². The van der Waals surface area contributed by atoms with Crippen molar-refractivity contribution in [2.24, 2.45) is 0 Å². The number of hydrogen-bond donors (Lipinski definition) is 2. The van der Waals surface area contributed by atoms with E-state index in [4.69, 9.17) is 0 Å². The summed E-state index contributed by atoms with van der Waals surface area (Å²) in [6.07, 6.45) is 1.85. The Kier molecular flexibility index (Phi) is 8.42. The Labute approximate surface area is 110 Å². The molecule has 0 unspecified atom stereocenters. The second kappa shape index (κ2) is 9.63. The van der Waals surface area contributed by atoms with Gasteiger partial charge in [-0.15, -0.1) is 0 Å². The van der Waals surface area contributed by atoms with E-state index in [-0.39, 0.29) is 25.6 Å². The Bertz CT molecular complexity index is 377. The van der Waals surface area contributed by atoms with E-state index in [0.717, 1.165) is 12.2 Å². The van der Waals surface area contributed by atoms with Crippen molar-refractivity contribution in [3.8, 4) is 0 Å². The molecule has 0 bridgehead atoms. The van der Waals surface area contributed by atoms with Crippen molar-refractivity contribution in [2.45, 2.75) is 6.92 Å². The van der Waals surface area contributed by atoms with Gasteiger partial charge in [-0.3, -0.25) is 9.59 Å². The van der Waals surface area contributed by atoms with E-state index in [0.29, 0.717) is 0 Å². The Morgan fingerprint density at radius 2 is 1.68 bits per heavy atom. The summed E-state index contributed by atoms with van der Waals surface area (Å²) in [6, 6.07) is 0. The number of methoxy groups -OCH3 is 1. The maximum Gasteiger partial charge on any atom is 0.331 e. The van der Waals surface area contributed by atoms with Crippen molar-refractivity contribution in [2.75, 3.05) is 26.8 Å². The Morgan fingerprint density at radius 1 is 1.05 bits per heavy atom. The number of ether oxygens (including phenoxy) is 2. The predicted octanol–water partition coefficient (Wildman–Crippen LogP) is -1.49. The average molecular weight is 272 g/mol. The fraction of sp³-hybridized carbons (Fsp3) is 0.455. The van der Waals surface area contributed by atoms with Crippen LogP contribution >= 0.6 is 0 Å². The molecule has 0 aromatic heterocycles. The summed E-state index contributed by atoms with van der Waals surface area (Å²) in [6.45, 7) is 1.22. The summed E-state index contributed by atoms with van der Waals surface area (Å²) >= 11 is 0. The van der Waals surface area contributed by atoms with Crippen LogP contribution in [0.1, 0.15) is 6.92 Å². The zero-order valence-electron chi connectivity index (χ0n) is 10.7. The van der Waals surface area contributed by atoms with Gasteiger partial charge < -0.3 is 20.1 Å². The average Bonchev–Trinajstić information content (AvgIpc) is 2.38. The van der Waals surface area contributed by atoms with E-state index in [2.05, 4.69) is 20.1 Å². The first kappa shape index (κ1) is 16.6. The fourth-order valence-corrected chi connectivity index (χ4v) is 0.862. The highest BCUT2D eigenvalue weighted by Gasteiger charge is 2.02. The molecule has 0 radical (unpaired) electrons. The summed E-state index contributed by atoms with van der Waals surface area (Å²) < 4.78 is 8.96. The molecule has 0 heterocycles. The highest BCUT2D eigenvalue weighted by atomic mass is 16.5. The van der Waals surface area contributed by atoms with E-state index in [1.165, 1.54) is 14.0 Å². The molecule has 0 spiro atoms. The standard InChI is InChI=1S/C11H16N2O6/c1-8(14)13-7-9(15)12-5-6-19-11(17)4-3-10(16)18-2/h3-4H,5-7H2,1-2H3,(H,12,15)(H,13,14)/b4-3+. The van der Waals surface area contributed by atoms with Crippen LogP contribution in [-0.2, 0) is 28.7 Å². The number of hydrogen-bond acceptors (Lipinski definition) is 6. The molecular weight excluding hydrogens is 256 g/mol. The lowest BCUT2D eigenvalue weighted by Gasteiger charge is -2.05. The van der Waals surface area contributed by atoms with Crippen LogP contribution in [0.4, 0.5) is 0 Å². The van der Waals surface area contributed by atoms with Gasteiger partial charge in [-0.05, 0) is 0 Å². The first-order valence-corrected chi connectivity index (χ1v) is 5.39. The number of esters is 2. The van der Waals surface area contributed by atoms with Crippen LogP contribution in [0, 0.1) is 0 Å². The van der Waals surface area contributed by atoms with Crippen molar-refractivity contribution in [3.05, 3.63) is 12.2 Å². The first-order valence-electron chi connectivity index (χ1n) is 5.39. The van der Waals surface area contributed by atoms with Gasteiger partial charge in [-0.25, -0.2) is 9.59 Å². The predicted molar refractivity (Wildman–Crippen MR) is 63.8 cm³/mol. The lowest BCUT2D eigenvalue weighted by molar-refractivity contribution is -0.139. The zero-order valence-corrected chi connectivity index (χ0v) is 10.7. The van der Waals surface area contributed by atoms with E-state index >= 15 is 0 Å². The number of carbonyl (C=O) groups excluding carboxylic acids is 4. The molecule has 0 aromatic rings. The van der Waals surface area contributed by atoms with Crippen LogP contribution in [0.5, 0.6) is 0 Å². The molecule has 0 saturated heterocycles. The third-order valence-electron chi connectivity index (χ3n) is 1.72. The number of amides is 2. The highest BCUT2D eigenvalue weighted by Crippen LogP contribution is 1.83. The topological polar surface area (TPSA) is 111 Å². The molecular formula is C11H16N2O6. The second-order valence-electron chi connectivity index (χ2n) is 3.28. The van der Waals surface area contributed by atoms with Gasteiger partial charge in [-0.1, -0.05) is 0 Å². The van der Waals surface area contributed by atoms with Crippen LogP contribution in [0.3, 0.4) is 0 Å². The fourth-order valence-electron chi connectivity index (χ4n) is 0.862. The Balaban J connectivity index is 3.66. The lowest BCUT2D eigenvalue weighted by Crippen LogP contribution is -2.37. The maximum absolute atomic E-state index is 11.1. The highest BCUT2D eigenvalue weighted by molar-refractivity contribution is 5.91. The molecule has 0 rings (SSSR count). The van der Waals surface area contributed by atoms with Crippen LogP contribution in [0.15, 0.2) is 12.2 Å². The molecule has 2 amide bonds. The molecule has 0 saturated carbocycles. The lowest BCUT2D eigenvalue weighted by atomic mass is 10.5. The molecule has 8 heteroatoms. The van der Waals surface area contributed by atoms with E-state index < -0.39 is 17.8 Å². The summed E-state index contributed by atoms with van der Waals surface area (Å²) in [7, 11) is 1.18. The second-order valence-corrected chi connectivity index (χ2v) is 3.28. The molecule has 0 aliphatic rings. The zero-order chi connectivity index (χ0) is 14.7. The van der Waals surface area contributed by atoms with Crippen LogP contribution in [0.2, 0.25) is 0 Å². The summed E-state index contributed by atoms with van der Waals surface area (Å²) in [5.74, 6) is -2.09. The number of nitrogens with one attached hydrogen (secondary N) is 2. The molecule has 0 atom stereocenters. The van der Waals surface area contributed by atoms with Gasteiger partial charge in [0.1, 0.15) is 6.61 Å². The summed E-state index contributed by atoms with van der Waals surface area (Å²) in [4.78, 5) is 43.3. The first-order chi connectivity index (χ1) is 8.95. The normalized spacial score (nSPS) is 9.79. The minimum absolute atomic E-state index is 0.0455. The van der Waals surface area contributed by atoms with Gasteiger partial charge in [-0.2, -0.15) is 0 Å². The van der Waals surface area contributed by atoms with Gasteiger partial charge in [0.25, 0.3) is 0 Å². The summed E-state index contributed by atoms with van der Waals surface area (Å²) in [5, 5.41) is 4.74. The van der Waals surface area contributed by atoms with E-state index in [1.54, 1.807) is 0 Å². The van der Waals surface area contributed by atoms with Crippen LogP contribution < -0.4 is 10.6 Å². The van der Waals surface area contributed by atoms with Crippen molar-refractivity contribution >= 4 is 23.8 Å². The molecule has 106 valence electrons. The molecule has 0 aromatic carbocycles. The Morgan fingerprint density at radius 3 is 2.26 bits per heavy atom. The number of rotatable bonds is 7. The third kappa shape index (κ3) is 10.5. The van der Waals surface area contributed by atoms with E-state index in [9.17, 15) is 19.2 Å². The molecule has 0 aliphatic carbocycles. The molecule has 8 nitrogen and oxygen atoms in total. The van der Waals surface area contributed by atoms with Crippen molar-refractivity contribution in [1.82, 2.24) is 10.6 Å². The summed E-state index contributed by atoms with van der Waals surface area (Å²) in [5.41, 5.74) is 0. The smallest absolute Gasteiger partial charge is 0.331 e. The minimum atomic E-state index is -0.721. The SMILES string of the molecule is COC(=O)/C=C/C(=O)OCCNC(=O)CNC(C)=O. The van der Waals surface area contributed by atoms with Crippen molar-refractivity contribution in [1.29, 1.82) is 0 Å². The van der Waals surface area contributed by atoms with Crippen LogP contribution in [-0.4, -0.2) is 50.6 Å². The molecule has 0 aliphatic heterocycles. The molecule has 0 fully saturated rings. The van der Waals surface area contributed by atoms with Gasteiger partial charge in [0.2, 0.25) is 11.8 Å². The molecule has 2 N–H and O–H groups in total.